The number of hydrogen-bond donors (Lipinski definition) is 0. The standard InChI is InChI=1S/C18H24N2OS2/c1-3-21-17-6-4-16(5-7-17)18(22-13-8-15(2)23-18)9-11-20-12-10-19-14-20/h4-7,10,12,14-15H,3,8-9,11,13H2,1-2H3. The van der Waals surface area contributed by atoms with Gasteiger partial charge in [0, 0.05) is 24.2 Å². The summed E-state index contributed by atoms with van der Waals surface area (Å²) in [4.78, 5) is 4.16. The van der Waals surface area contributed by atoms with Crippen molar-refractivity contribution in [1.82, 2.24) is 9.55 Å². The van der Waals surface area contributed by atoms with E-state index in [2.05, 4.69) is 64.3 Å². The van der Waals surface area contributed by atoms with Crippen molar-refractivity contribution in [2.75, 3.05) is 12.4 Å². The molecule has 1 aliphatic rings. The van der Waals surface area contributed by atoms with Crippen molar-refractivity contribution in [2.45, 2.75) is 42.6 Å². The van der Waals surface area contributed by atoms with Gasteiger partial charge in [-0.15, -0.1) is 23.5 Å². The van der Waals surface area contributed by atoms with E-state index in [1.807, 2.05) is 25.6 Å². The van der Waals surface area contributed by atoms with E-state index in [0.717, 1.165) is 18.7 Å². The van der Waals surface area contributed by atoms with E-state index in [9.17, 15) is 0 Å². The van der Waals surface area contributed by atoms with E-state index in [0.29, 0.717) is 11.9 Å². The van der Waals surface area contributed by atoms with Crippen LogP contribution in [0.5, 0.6) is 5.75 Å². The lowest BCUT2D eigenvalue weighted by Gasteiger charge is -2.39. The van der Waals surface area contributed by atoms with Crippen LogP contribution in [-0.4, -0.2) is 27.2 Å². The summed E-state index contributed by atoms with van der Waals surface area (Å²) in [6, 6.07) is 8.71. The third-order valence-corrected chi connectivity index (χ3v) is 7.56. The van der Waals surface area contributed by atoms with Gasteiger partial charge in [0.2, 0.25) is 0 Å². The Labute approximate surface area is 147 Å². The van der Waals surface area contributed by atoms with E-state index in [1.165, 1.54) is 17.7 Å². The topological polar surface area (TPSA) is 27.1 Å². The summed E-state index contributed by atoms with van der Waals surface area (Å²) in [5.74, 6) is 2.19. The summed E-state index contributed by atoms with van der Waals surface area (Å²) in [7, 11) is 0. The van der Waals surface area contributed by atoms with Crippen molar-refractivity contribution in [1.29, 1.82) is 0 Å². The van der Waals surface area contributed by atoms with Crippen LogP contribution in [0, 0.1) is 0 Å². The van der Waals surface area contributed by atoms with Crippen molar-refractivity contribution in [2.24, 2.45) is 0 Å². The minimum Gasteiger partial charge on any atom is -0.494 e. The summed E-state index contributed by atoms with van der Waals surface area (Å²) in [5, 5.41) is 0.700. The predicted octanol–water partition coefficient (Wildman–Crippen LogP) is 4.78. The number of nitrogens with zero attached hydrogens (tertiary/aromatic N) is 2. The molecule has 0 radical (unpaired) electrons. The first-order valence-electron chi connectivity index (χ1n) is 8.23. The molecule has 1 saturated heterocycles. The highest BCUT2D eigenvalue weighted by atomic mass is 32.2. The number of aromatic nitrogens is 2. The Kier molecular flexibility index (Phi) is 5.59. The molecule has 0 spiro atoms. The fourth-order valence-electron chi connectivity index (χ4n) is 2.90. The maximum Gasteiger partial charge on any atom is 0.119 e. The smallest absolute Gasteiger partial charge is 0.119 e. The molecule has 2 heterocycles. The Hall–Kier alpha value is -1.07. The predicted molar refractivity (Wildman–Crippen MR) is 100 cm³/mol. The fraction of sp³-hybridized carbons (Fsp3) is 0.500. The number of benzene rings is 1. The minimum absolute atomic E-state index is 0.132. The average Bonchev–Trinajstić information content (AvgIpc) is 3.08. The lowest BCUT2D eigenvalue weighted by molar-refractivity contribution is 0.340. The molecule has 3 rings (SSSR count). The van der Waals surface area contributed by atoms with E-state index < -0.39 is 0 Å². The molecule has 0 aliphatic carbocycles. The van der Waals surface area contributed by atoms with Crippen molar-refractivity contribution in [3.8, 4) is 5.75 Å². The first-order chi connectivity index (χ1) is 11.2. The van der Waals surface area contributed by atoms with E-state index in [4.69, 9.17) is 4.74 Å². The molecule has 0 bridgehead atoms. The molecule has 0 N–H and O–H groups in total. The third-order valence-electron chi connectivity index (χ3n) is 4.11. The van der Waals surface area contributed by atoms with Gasteiger partial charge in [0.25, 0.3) is 0 Å². The zero-order valence-corrected chi connectivity index (χ0v) is 15.4. The monoisotopic (exact) mass is 348 g/mol. The summed E-state index contributed by atoms with van der Waals surface area (Å²) in [5.41, 5.74) is 1.41. The van der Waals surface area contributed by atoms with Crippen molar-refractivity contribution in [3.05, 3.63) is 48.5 Å². The Balaban J connectivity index is 1.81. The highest BCUT2D eigenvalue weighted by molar-refractivity contribution is 8.18. The molecule has 1 fully saturated rings. The molecule has 5 heteroatoms. The van der Waals surface area contributed by atoms with Crippen LogP contribution >= 0.6 is 23.5 Å². The minimum atomic E-state index is 0.132. The van der Waals surface area contributed by atoms with Gasteiger partial charge in [-0.25, -0.2) is 4.98 Å². The van der Waals surface area contributed by atoms with Crippen LogP contribution in [0.3, 0.4) is 0 Å². The highest BCUT2D eigenvalue weighted by Crippen LogP contribution is 2.55. The molecule has 2 aromatic rings. The second-order valence-corrected chi connectivity index (χ2v) is 9.22. The van der Waals surface area contributed by atoms with Gasteiger partial charge in [0.1, 0.15) is 5.75 Å². The number of hydrogen-bond acceptors (Lipinski definition) is 4. The Morgan fingerprint density at radius 2 is 2.17 bits per heavy atom. The molecule has 0 amide bonds. The second kappa shape index (κ2) is 7.67. The van der Waals surface area contributed by atoms with Crippen molar-refractivity contribution in [3.63, 3.8) is 0 Å². The molecule has 2 atom stereocenters. The Morgan fingerprint density at radius 1 is 1.35 bits per heavy atom. The number of thioether (sulfide) groups is 2. The zero-order valence-electron chi connectivity index (χ0n) is 13.8. The van der Waals surface area contributed by atoms with Crippen LogP contribution in [0.25, 0.3) is 0 Å². The Morgan fingerprint density at radius 3 is 2.83 bits per heavy atom. The Bertz CT molecular complexity index is 600. The van der Waals surface area contributed by atoms with Crippen LogP contribution in [0.4, 0.5) is 0 Å². The molecular weight excluding hydrogens is 324 g/mol. The van der Waals surface area contributed by atoms with Gasteiger partial charge in [-0.05, 0) is 43.2 Å². The van der Waals surface area contributed by atoms with Gasteiger partial charge in [-0.2, -0.15) is 0 Å². The van der Waals surface area contributed by atoms with E-state index >= 15 is 0 Å². The maximum absolute atomic E-state index is 5.60. The van der Waals surface area contributed by atoms with Gasteiger partial charge in [0.15, 0.2) is 0 Å². The van der Waals surface area contributed by atoms with Gasteiger partial charge in [-0.3, -0.25) is 0 Å². The number of aryl methyl sites for hydroxylation is 1. The van der Waals surface area contributed by atoms with Gasteiger partial charge in [0.05, 0.1) is 17.0 Å². The fourth-order valence-corrected chi connectivity index (χ4v) is 6.77. The normalized spacial score (nSPS) is 24.5. The first kappa shape index (κ1) is 16.8. The molecule has 124 valence electrons. The average molecular weight is 349 g/mol. The lowest BCUT2D eigenvalue weighted by Crippen LogP contribution is -2.27. The van der Waals surface area contributed by atoms with Crippen LogP contribution in [0.1, 0.15) is 32.3 Å². The van der Waals surface area contributed by atoms with Crippen molar-refractivity contribution < 1.29 is 4.74 Å². The first-order valence-corrected chi connectivity index (χ1v) is 10.1. The molecular formula is C18H24N2OS2. The second-order valence-electron chi connectivity index (χ2n) is 5.83. The summed E-state index contributed by atoms with van der Waals surface area (Å²) >= 11 is 4.21. The highest BCUT2D eigenvalue weighted by Gasteiger charge is 2.38. The quantitative estimate of drug-likeness (QED) is 0.750. The van der Waals surface area contributed by atoms with Crippen LogP contribution in [0.2, 0.25) is 0 Å². The zero-order chi connectivity index (χ0) is 16.1. The molecule has 3 nitrogen and oxygen atoms in total. The van der Waals surface area contributed by atoms with Gasteiger partial charge < -0.3 is 9.30 Å². The maximum atomic E-state index is 5.60. The lowest BCUT2D eigenvalue weighted by atomic mass is 10.1. The van der Waals surface area contributed by atoms with Crippen LogP contribution in [-0.2, 0) is 10.6 Å². The SMILES string of the molecule is CCOc1ccc(C2(CCn3ccnc3)SCCC(C)S2)cc1. The van der Waals surface area contributed by atoms with E-state index in [1.54, 1.807) is 0 Å². The number of imidazole rings is 1. The van der Waals surface area contributed by atoms with Crippen LogP contribution < -0.4 is 4.74 Å². The molecule has 1 aromatic carbocycles. The van der Waals surface area contributed by atoms with Crippen LogP contribution in [0.15, 0.2) is 43.0 Å². The summed E-state index contributed by atoms with van der Waals surface area (Å²) in [6.45, 7) is 6.09. The van der Waals surface area contributed by atoms with Crippen molar-refractivity contribution >= 4 is 23.5 Å². The third kappa shape index (κ3) is 4.07. The molecule has 1 aromatic heterocycles. The molecule has 23 heavy (non-hydrogen) atoms. The summed E-state index contributed by atoms with van der Waals surface area (Å²) in [6.07, 6.45) is 8.21. The van der Waals surface area contributed by atoms with E-state index in [-0.39, 0.29) is 4.08 Å². The van der Waals surface area contributed by atoms with Gasteiger partial charge in [-0.1, -0.05) is 19.1 Å². The van der Waals surface area contributed by atoms with Gasteiger partial charge >= 0.3 is 0 Å². The molecule has 2 unspecified atom stereocenters. The number of ether oxygens (including phenoxy) is 1. The molecule has 0 saturated carbocycles. The number of rotatable bonds is 6. The largest absolute Gasteiger partial charge is 0.494 e. The molecule has 1 aliphatic heterocycles. The summed E-state index contributed by atoms with van der Waals surface area (Å²) < 4.78 is 7.90.